The van der Waals surface area contributed by atoms with Crippen molar-refractivity contribution in [3.63, 3.8) is 0 Å². The van der Waals surface area contributed by atoms with E-state index in [2.05, 4.69) is 154 Å². The zero-order valence-corrected chi connectivity index (χ0v) is 32.6. The van der Waals surface area contributed by atoms with Crippen molar-refractivity contribution in [1.82, 2.24) is 24.9 Å². The summed E-state index contributed by atoms with van der Waals surface area (Å²) in [6.07, 6.45) is 9.27. The van der Waals surface area contributed by atoms with E-state index in [1.165, 1.54) is 0 Å². The molecule has 5 aromatic carbocycles. The molecule has 0 aliphatic carbocycles. The lowest BCUT2D eigenvalue weighted by atomic mass is 9.87. The molecule has 10 rings (SSSR count). The first-order valence-electron chi connectivity index (χ1n) is 20.0. The van der Waals surface area contributed by atoms with E-state index in [-0.39, 0.29) is 0 Å². The number of nitrogens with zero attached hydrogens (tertiary/aromatic N) is 5. The highest BCUT2D eigenvalue weighted by Gasteiger charge is 2.17. The predicted molar refractivity (Wildman–Crippen MR) is 244 cm³/mol. The van der Waals surface area contributed by atoms with Gasteiger partial charge in [-0.25, -0.2) is 0 Å². The molecule has 282 valence electrons. The minimum atomic E-state index is 0.892. The van der Waals surface area contributed by atoms with Crippen molar-refractivity contribution in [3.05, 3.63) is 225 Å². The average molecular weight is 768 g/mol. The van der Waals surface area contributed by atoms with Gasteiger partial charge in [0.15, 0.2) is 0 Å². The van der Waals surface area contributed by atoms with E-state index in [4.69, 9.17) is 9.97 Å². The van der Waals surface area contributed by atoms with Gasteiger partial charge in [0, 0.05) is 58.8 Å². The van der Waals surface area contributed by atoms with Crippen LogP contribution in [0.15, 0.2) is 225 Å². The van der Waals surface area contributed by atoms with Crippen LogP contribution in [0.1, 0.15) is 0 Å². The summed E-state index contributed by atoms with van der Waals surface area (Å²) in [7, 11) is 0. The van der Waals surface area contributed by atoms with Gasteiger partial charge >= 0.3 is 0 Å². The smallest absolute Gasteiger partial charge is 0.0717 e. The minimum absolute atomic E-state index is 0.892. The highest BCUT2D eigenvalue weighted by molar-refractivity contribution is 5.93. The molecule has 0 atom stereocenters. The molecule has 5 heteroatoms. The van der Waals surface area contributed by atoms with Crippen LogP contribution in [0.25, 0.3) is 101 Å². The van der Waals surface area contributed by atoms with Gasteiger partial charge < -0.3 is 0 Å². The topological polar surface area (TPSA) is 64.5 Å². The van der Waals surface area contributed by atoms with Gasteiger partial charge in [-0.2, -0.15) is 0 Å². The van der Waals surface area contributed by atoms with Crippen molar-refractivity contribution in [1.29, 1.82) is 0 Å². The van der Waals surface area contributed by atoms with E-state index in [1.54, 1.807) is 0 Å². The van der Waals surface area contributed by atoms with Crippen LogP contribution in [-0.2, 0) is 0 Å². The van der Waals surface area contributed by atoms with Crippen LogP contribution in [0.2, 0.25) is 0 Å². The quantitative estimate of drug-likeness (QED) is 0.146. The third-order valence-electron chi connectivity index (χ3n) is 10.8. The summed E-state index contributed by atoms with van der Waals surface area (Å²) < 4.78 is 0. The van der Waals surface area contributed by atoms with Crippen molar-refractivity contribution in [3.8, 4) is 101 Å². The first-order valence-corrected chi connectivity index (χ1v) is 20.0. The lowest BCUT2D eigenvalue weighted by Gasteiger charge is -2.18. The van der Waals surface area contributed by atoms with E-state index >= 15 is 0 Å². The maximum Gasteiger partial charge on any atom is 0.0717 e. The Labute approximate surface area is 349 Å². The molecule has 0 spiro atoms. The standard InChI is InChI=1S/C55H37N5/c1-2-14-46(45(13-1)38-22-24-39(25-23-38)51-19-7-10-30-56-51)42-33-43(47-15-3-5-17-49(47)54-28-26-40(36-59-54)52-20-8-11-31-57-52)35-44(34-42)48-16-4-6-18-50(48)55-29-27-41(37-60-55)53-21-9-12-32-58-53/h1-37H. The van der Waals surface area contributed by atoms with Gasteiger partial charge in [-0.3, -0.25) is 24.9 Å². The lowest BCUT2D eigenvalue weighted by Crippen LogP contribution is -1.94. The number of rotatable bonds is 9. The molecule has 0 bridgehead atoms. The second-order valence-corrected chi connectivity index (χ2v) is 14.5. The molecule has 5 nitrogen and oxygen atoms in total. The van der Waals surface area contributed by atoms with Crippen LogP contribution in [-0.4, -0.2) is 24.9 Å². The Kier molecular flexibility index (Phi) is 9.88. The van der Waals surface area contributed by atoms with E-state index in [0.717, 1.165) is 101 Å². The predicted octanol–water partition coefficient (Wildman–Crippen LogP) is 13.7. The number of hydrogen-bond donors (Lipinski definition) is 0. The zero-order valence-electron chi connectivity index (χ0n) is 32.6. The fraction of sp³-hybridized carbons (Fsp3) is 0. The van der Waals surface area contributed by atoms with Crippen LogP contribution in [0.5, 0.6) is 0 Å². The Morgan fingerprint density at radius 2 is 0.517 bits per heavy atom. The molecule has 0 radical (unpaired) electrons. The molecule has 5 aromatic heterocycles. The summed E-state index contributed by atoms with van der Waals surface area (Å²) in [5, 5.41) is 0. The summed E-state index contributed by atoms with van der Waals surface area (Å²) in [6.45, 7) is 0. The molecule has 0 aliphatic heterocycles. The number of pyridine rings is 5. The highest BCUT2D eigenvalue weighted by Crippen LogP contribution is 2.42. The van der Waals surface area contributed by atoms with Gasteiger partial charge in [-0.15, -0.1) is 0 Å². The molecule has 0 saturated heterocycles. The molecule has 0 aliphatic rings. The lowest BCUT2D eigenvalue weighted by molar-refractivity contribution is 1.28. The van der Waals surface area contributed by atoms with Crippen LogP contribution >= 0.6 is 0 Å². The second-order valence-electron chi connectivity index (χ2n) is 14.5. The van der Waals surface area contributed by atoms with Gasteiger partial charge in [0.2, 0.25) is 0 Å². The Hall–Kier alpha value is -8.15. The van der Waals surface area contributed by atoms with Crippen LogP contribution < -0.4 is 0 Å². The SMILES string of the molecule is c1ccc(-c2ccc(-c3ccccc3-c3cc(-c4ccccc4-c4ccc(-c5ccccn5)cn4)cc(-c4ccccc4-c4ccc(-c5ccccn5)cn4)c3)cc2)nc1. The summed E-state index contributed by atoms with van der Waals surface area (Å²) in [5.41, 5.74) is 18.5. The number of aromatic nitrogens is 5. The maximum atomic E-state index is 4.98. The van der Waals surface area contributed by atoms with E-state index in [0.29, 0.717) is 0 Å². The van der Waals surface area contributed by atoms with E-state index < -0.39 is 0 Å². The second kappa shape index (κ2) is 16.4. The molecule has 5 heterocycles. The molecule has 10 aromatic rings. The third kappa shape index (κ3) is 7.39. The van der Waals surface area contributed by atoms with Gasteiger partial charge in [0.05, 0.1) is 28.5 Å². The monoisotopic (exact) mass is 767 g/mol. The van der Waals surface area contributed by atoms with Crippen molar-refractivity contribution in [2.75, 3.05) is 0 Å². The largest absolute Gasteiger partial charge is 0.256 e. The maximum absolute atomic E-state index is 4.98. The third-order valence-corrected chi connectivity index (χ3v) is 10.8. The zero-order chi connectivity index (χ0) is 40.1. The molecule has 0 saturated carbocycles. The van der Waals surface area contributed by atoms with Gasteiger partial charge in [0.25, 0.3) is 0 Å². The summed E-state index contributed by atoms with van der Waals surface area (Å²) in [5.74, 6) is 0. The first-order chi connectivity index (χ1) is 29.7. The Morgan fingerprint density at radius 3 is 0.883 bits per heavy atom. The van der Waals surface area contributed by atoms with Crippen molar-refractivity contribution in [2.24, 2.45) is 0 Å². The summed E-state index contributed by atoms with van der Waals surface area (Å²) in [4.78, 5) is 23.6. The molecule has 0 unspecified atom stereocenters. The van der Waals surface area contributed by atoms with Crippen molar-refractivity contribution >= 4 is 0 Å². The first kappa shape index (κ1) is 36.2. The molecular weight excluding hydrogens is 731 g/mol. The summed E-state index contributed by atoms with van der Waals surface area (Å²) in [6, 6.07) is 67.6. The van der Waals surface area contributed by atoms with Gasteiger partial charge in [0.1, 0.15) is 0 Å². The molecular formula is C55H37N5. The number of hydrogen-bond acceptors (Lipinski definition) is 5. The van der Waals surface area contributed by atoms with Crippen molar-refractivity contribution in [2.45, 2.75) is 0 Å². The van der Waals surface area contributed by atoms with E-state index in [9.17, 15) is 0 Å². The normalized spacial score (nSPS) is 11.0. The van der Waals surface area contributed by atoms with Gasteiger partial charge in [-0.05, 0) is 123 Å². The fourth-order valence-corrected chi connectivity index (χ4v) is 7.83. The fourth-order valence-electron chi connectivity index (χ4n) is 7.83. The number of benzene rings is 5. The Morgan fingerprint density at radius 1 is 0.200 bits per heavy atom. The Bertz CT molecular complexity index is 2690. The van der Waals surface area contributed by atoms with Crippen molar-refractivity contribution < 1.29 is 0 Å². The summed E-state index contributed by atoms with van der Waals surface area (Å²) >= 11 is 0. The van der Waals surface area contributed by atoms with Gasteiger partial charge in [-0.1, -0.05) is 115 Å². The van der Waals surface area contributed by atoms with Crippen LogP contribution in [0, 0.1) is 0 Å². The molecule has 0 N–H and O–H groups in total. The molecule has 60 heavy (non-hydrogen) atoms. The van der Waals surface area contributed by atoms with Crippen LogP contribution in [0.3, 0.4) is 0 Å². The molecule has 0 fully saturated rings. The van der Waals surface area contributed by atoms with E-state index in [1.807, 2.05) is 85.6 Å². The minimum Gasteiger partial charge on any atom is -0.256 e. The van der Waals surface area contributed by atoms with Crippen LogP contribution in [0.4, 0.5) is 0 Å². The molecule has 0 amide bonds. The highest BCUT2D eigenvalue weighted by atomic mass is 14.7. The Balaban J connectivity index is 1.12. The average Bonchev–Trinajstić information content (AvgIpc) is 3.35.